The van der Waals surface area contributed by atoms with Crippen LogP contribution in [0.3, 0.4) is 0 Å². The topological polar surface area (TPSA) is 64.7 Å². The summed E-state index contributed by atoms with van der Waals surface area (Å²) >= 11 is 1.47. The maximum Gasteiger partial charge on any atom is 0.263 e. The minimum atomic E-state index is -0.228. The number of rotatable bonds is 4. The van der Waals surface area contributed by atoms with Crippen molar-refractivity contribution in [1.82, 2.24) is 19.3 Å². The molecule has 7 heteroatoms. The first kappa shape index (κ1) is 18.3. The van der Waals surface area contributed by atoms with E-state index in [0.29, 0.717) is 22.2 Å². The molecule has 0 aliphatic rings. The van der Waals surface area contributed by atoms with Gasteiger partial charge in [-0.15, -0.1) is 0 Å². The van der Waals surface area contributed by atoms with Gasteiger partial charge in [0, 0.05) is 12.4 Å². The largest absolute Gasteiger partial charge is 0.308 e. The summed E-state index contributed by atoms with van der Waals surface area (Å²) in [4.78, 5) is 17.9. The SMILES string of the molecule is Cc1ccc2nc(NC(=O)c3c(C)nn(-c4ccccc4)c3-n3cccc3)sc2c1. The lowest BCUT2D eigenvalue weighted by Crippen LogP contribution is -2.16. The first-order chi connectivity index (χ1) is 14.6. The maximum atomic E-state index is 13.3. The highest BCUT2D eigenvalue weighted by Gasteiger charge is 2.24. The van der Waals surface area contributed by atoms with Crippen LogP contribution in [0, 0.1) is 13.8 Å². The van der Waals surface area contributed by atoms with Crippen molar-refractivity contribution in [3.8, 4) is 11.5 Å². The first-order valence-electron chi connectivity index (χ1n) is 9.57. The molecule has 3 aromatic heterocycles. The minimum Gasteiger partial charge on any atom is -0.308 e. The Morgan fingerprint density at radius 1 is 1.00 bits per heavy atom. The van der Waals surface area contributed by atoms with Crippen LogP contribution in [0.15, 0.2) is 73.1 Å². The number of para-hydroxylation sites is 1. The van der Waals surface area contributed by atoms with E-state index in [4.69, 9.17) is 0 Å². The average molecular weight is 414 g/mol. The van der Waals surface area contributed by atoms with Gasteiger partial charge in [-0.05, 0) is 55.8 Å². The zero-order chi connectivity index (χ0) is 20.7. The number of aryl methyl sites for hydroxylation is 2. The van der Waals surface area contributed by atoms with Crippen molar-refractivity contribution in [3.63, 3.8) is 0 Å². The van der Waals surface area contributed by atoms with Gasteiger partial charge in [0.25, 0.3) is 5.91 Å². The van der Waals surface area contributed by atoms with Crippen molar-refractivity contribution in [2.24, 2.45) is 0 Å². The lowest BCUT2D eigenvalue weighted by atomic mass is 10.2. The Labute approximate surface area is 177 Å². The van der Waals surface area contributed by atoms with Crippen LogP contribution in [0.5, 0.6) is 0 Å². The van der Waals surface area contributed by atoms with E-state index in [1.165, 1.54) is 16.9 Å². The molecule has 0 unspecified atom stereocenters. The fourth-order valence-electron chi connectivity index (χ4n) is 3.49. The van der Waals surface area contributed by atoms with Crippen molar-refractivity contribution in [2.75, 3.05) is 5.32 Å². The molecule has 1 amide bonds. The fraction of sp³-hybridized carbons (Fsp3) is 0.0870. The van der Waals surface area contributed by atoms with Crippen LogP contribution in [0.25, 0.3) is 21.7 Å². The Morgan fingerprint density at radius 2 is 1.77 bits per heavy atom. The summed E-state index contributed by atoms with van der Waals surface area (Å²) in [6.45, 7) is 3.89. The van der Waals surface area contributed by atoms with E-state index in [0.717, 1.165) is 15.9 Å². The van der Waals surface area contributed by atoms with Crippen molar-refractivity contribution in [2.45, 2.75) is 13.8 Å². The monoisotopic (exact) mass is 413 g/mol. The summed E-state index contributed by atoms with van der Waals surface area (Å²) in [7, 11) is 0. The van der Waals surface area contributed by atoms with Crippen LogP contribution in [0.1, 0.15) is 21.6 Å². The van der Waals surface area contributed by atoms with Gasteiger partial charge in [0.2, 0.25) is 0 Å². The summed E-state index contributed by atoms with van der Waals surface area (Å²) in [5.74, 6) is 0.465. The third-order valence-electron chi connectivity index (χ3n) is 4.88. The van der Waals surface area contributed by atoms with Crippen LogP contribution in [0.2, 0.25) is 0 Å². The van der Waals surface area contributed by atoms with Crippen LogP contribution in [0.4, 0.5) is 5.13 Å². The average Bonchev–Trinajstić information content (AvgIpc) is 3.46. The highest BCUT2D eigenvalue weighted by molar-refractivity contribution is 7.22. The number of anilines is 1. The number of carbonyl (C=O) groups excluding carboxylic acids is 1. The van der Waals surface area contributed by atoms with Gasteiger partial charge in [0.1, 0.15) is 5.56 Å². The minimum absolute atomic E-state index is 0.228. The zero-order valence-corrected chi connectivity index (χ0v) is 17.4. The molecule has 0 radical (unpaired) electrons. The molecule has 0 atom stereocenters. The number of thiazole rings is 1. The lowest BCUT2D eigenvalue weighted by molar-refractivity contribution is 0.102. The molecule has 0 saturated carbocycles. The number of amides is 1. The lowest BCUT2D eigenvalue weighted by Gasteiger charge is -2.10. The van der Waals surface area contributed by atoms with Gasteiger partial charge >= 0.3 is 0 Å². The molecule has 2 aromatic carbocycles. The molecule has 0 aliphatic heterocycles. The molecule has 0 bridgehead atoms. The van der Waals surface area contributed by atoms with Gasteiger partial charge in [-0.25, -0.2) is 9.67 Å². The van der Waals surface area contributed by atoms with Gasteiger partial charge in [-0.1, -0.05) is 35.6 Å². The number of nitrogens with one attached hydrogen (secondary N) is 1. The summed E-state index contributed by atoms with van der Waals surface area (Å²) in [5, 5.41) is 8.22. The van der Waals surface area contributed by atoms with E-state index in [1.807, 2.05) is 85.4 Å². The molecule has 5 rings (SSSR count). The second kappa shape index (κ2) is 7.27. The number of nitrogens with zero attached hydrogens (tertiary/aromatic N) is 4. The number of hydrogen-bond acceptors (Lipinski definition) is 4. The number of hydrogen-bond donors (Lipinski definition) is 1. The van der Waals surface area contributed by atoms with Gasteiger partial charge in [0.05, 0.1) is 21.6 Å². The van der Waals surface area contributed by atoms with E-state index in [1.54, 1.807) is 4.68 Å². The van der Waals surface area contributed by atoms with E-state index < -0.39 is 0 Å². The predicted molar refractivity (Wildman–Crippen MR) is 120 cm³/mol. The van der Waals surface area contributed by atoms with E-state index >= 15 is 0 Å². The Balaban J connectivity index is 1.59. The summed E-state index contributed by atoms with van der Waals surface area (Å²) in [5.41, 5.74) is 4.10. The van der Waals surface area contributed by atoms with Crippen LogP contribution in [-0.4, -0.2) is 25.2 Å². The van der Waals surface area contributed by atoms with Crippen LogP contribution >= 0.6 is 11.3 Å². The van der Waals surface area contributed by atoms with Crippen molar-refractivity contribution >= 4 is 32.6 Å². The zero-order valence-electron chi connectivity index (χ0n) is 16.5. The molecule has 5 aromatic rings. The molecule has 0 fully saturated rings. The highest BCUT2D eigenvalue weighted by Crippen LogP contribution is 2.29. The number of fused-ring (bicyclic) bond motifs is 1. The molecular formula is C23H19N5OS. The van der Waals surface area contributed by atoms with Gasteiger partial charge in [-0.2, -0.15) is 5.10 Å². The van der Waals surface area contributed by atoms with E-state index in [2.05, 4.69) is 21.5 Å². The summed E-state index contributed by atoms with van der Waals surface area (Å²) < 4.78 is 4.75. The van der Waals surface area contributed by atoms with Crippen LogP contribution in [-0.2, 0) is 0 Å². The molecule has 1 N–H and O–H groups in total. The smallest absolute Gasteiger partial charge is 0.263 e. The Kier molecular flexibility index (Phi) is 4.44. The van der Waals surface area contributed by atoms with E-state index in [-0.39, 0.29) is 5.91 Å². The van der Waals surface area contributed by atoms with Gasteiger partial charge < -0.3 is 4.57 Å². The molecule has 0 saturated heterocycles. The molecular weight excluding hydrogens is 394 g/mol. The van der Waals surface area contributed by atoms with Crippen LogP contribution < -0.4 is 5.32 Å². The molecule has 3 heterocycles. The normalized spacial score (nSPS) is 11.1. The molecule has 30 heavy (non-hydrogen) atoms. The number of carbonyl (C=O) groups is 1. The van der Waals surface area contributed by atoms with Crippen molar-refractivity contribution in [3.05, 3.63) is 89.9 Å². The van der Waals surface area contributed by atoms with Crippen molar-refractivity contribution < 1.29 is 4.79 Å². The van der Waals surface area contributed by atoms with Gasteiger partial charge in [-0.3, -0.25) is 10.1 Å². The van der Waals surface area contributed by atoms with Crippen molar-refractivity contribution in [1.29, 1.82) is 0 Å². The standard InChI is InChI=1S/C23H19N5OS/c1-15-10-11-18-19(14-15)30-23(24-18)25-21(29)20-16(2)26-28(17-8-4-3-5-9-17)22(20)27-12-6-7-13-27/h3-14H,1-2H3,(H,24,25,29). The summed E-state index contributed by atoms with van der Waals surface area (Å²) in [6, 6.07) is 19.7. The fourth-order valence-corrected chi connectivity index (χ4v) is 4.45. The third kappa shape index (κ3) is 3.19. The predicted octanol–water partition coefficient (Wildman–Crippen LogP) is 5.14. The highest BCUT2D eigenvalue weighted by atomic mass is 32.1. The molecule has 0 spiro atoms. The second-order valence-electron chi connectivity index (χ2n) is 7.07. The summed E-state index contributed by atoms with van der Waals surface area (Å²) in [6.07, 6.45) is 3.82. The number of benzene rings is 2. The Bertz CT molecular complexity index is 1350. The third-order valence-corrected chi connectivity index (χ3v) is 5.81. The Morgan fingerprint density at radius 3 is 2.53 bits per heavy atom. The second-order valence-corrected chi connectivity index (χ2v) is 8.10. The molecule has 0 aliphatic carbocycles. The Hall–Kier alpha value is -3.71. The first-order valence-corrected chi connectivity index (χ1v) is 10.4. The molecule has 148 valence electrons. The van der Waals surface area contributed by atoms with Gasteiger partial charge in [0.15, 0.2) is 10.9 Å². The van der Waals surface area contributed by atoms with E-state index in [9.17, 15) is 4.79 Å². The number of aromatic nitrogens is 4. The quantitative estimate of drug-likeness (QED) is 0.444. The maximum absolute atomic E-state index is 13.3. The molecule has 6 nitrogen and oxygen atoms in total.